The van der Waals surface area contributed by atoms with Crippen molar-refractivity contribution in [1.29, 1.82) is 0 Å². The van der Waals surface area contributed by atoms with Crippen LogP contribution >= 0.6 is 0 Å². The van der Waals surface area contributed by atoms with Crippen molar-refractivity contribution in [3.8, 4) is 0 Å². The molecule has 0 bridgehead atoms. The fraction of sp³-hybridized carbons (Fsp3) is 0.393. The molecule has 0 saturated carbocycles. The molecule has 2 aliphatic heterocycles. The first-order chi connectivity index (χ1) is 17.5. The van der Waals surface area contributed by atoms with Crippen LogP contribution in [0, 0.1) is 6.92 Å². The van der Waals surface area contributed by atoms with Crippen molar-refractivity contribution < 1.29 is 9.53 Å². The number of carbonyl (C=O) groups excluding carboxylic acids is 1. The molecule has 36 heavy (non-hydrogen) atoms. The molecular formula is C28H31N5O3. The summed E-state index contributed by atoms with van der Waals surface area (Å²) in [6.07, 6.45) is 3.35. The lowest BCUT2D eigenvalue weighted by Gasteiger charge is -2.41. The molecule has 8 nitrogen and oxygen atoms in total. The van der Waals surface area contributed by atoms with E-state index >= 15 is 0 Å². The maximum absolute atomic E-state index is 13.8. The van der Waals surface area contributed by atoms with Crippen LogP contribution < -0.4 is 10.5 Å². The van der Waals surface area contributed by atoms with Crippen LogP contribution in [0.5, 0.6) is 0 Å². The third-order valence-corrected chi connectivity index (χ3v) is 7.68. The number of carbonyl (C=O) groups is 1. The average Bonchev–Trinajstić information content (AvgIpc) is 3.35. The first kappa shape index (κ1) is 22.8. The summed E-state index contributed by atoms with van der Waals surface area (Å²) in [5.74, 6) is 0.0328. The van der Waals surface area contributed by atoms with E-state index in [1.165, 1.54) is 5.69 Å². The van der Waals surface area contributed by atoms with Crippen LogP contribution in [0.1, 0.15) is 41.7 Å². The van der Waals surface area contributed by atoms with Crippen molar-refractivity contribution in [3.05, 3.63) is 70.1 Å². The number of fused-ring (bicyclic) bond motifs is 3. The molecule has 8 heteroatoms. The summed E-state index contributed by atoms with van der Waals surface area (Å²) in [6, 6.07) is 14.6. The van der Waals surface area contributed by atoms with Gasteiger partial charge in [-0.25, -0.2) is 0 Å². The maximum atomic E-state index is 13.8. The number of nitrogens with zero attached hydrogens (tertiary/aromatic N) is 4. The Labute approximate surface area is 209 Å². The Hall–Kier alpha value is -3.65. The summed E-state index contributed by atoms with van der Waals surface area (Å²) in [5, 5.41) is 6.02. The summed E-state index contributed by atoms with van der Waals surface area (Å²) in [7, 11) is 0. The number of hydrogen-bond donors (Lipinski definition) is 1. The highest BCUT2D eigenvalue weighted by atomic mass is 16.5. The third kappa shape index (κ3) is 3.86. The van der Waals surface area contributed by atoms with E-state index in [1.54, 1.807) is 6.20 Å². The molecule has 1 N–H and O–H groups in total. The normalized spacial score (nSPS) is 19.3. The molecule has 4 aromatic rings. The van der Waals surface area contributed by atoms with E-state index in [0.717, 1.165) is 41.4 Å². The number of ether oxygens (including phenoxy) is 1. The molecule has 1 unspecified atom stereocenters. The van der Waals surface area contributed by atoms with Crippen LogP contribution in [0.15, 0.2) is 53.5 Å². The maximum Gasteiger partial charge on any atom is 0.259 e. The van der Waals surface area contributed by atoms with Crippen LogP contribution in [0.25, 0.3) is 21.8 Å². The lowest BCUT2D eigenvalue weighted by atomic mass is 10.0. The fourth-order valence-electron chi connectivity index (χ4n) is 5.75. The number of aryl methyl sites for hydroxylation is 1. The molecule has 2 aliphatic rings. The largest absolute Gasteiger partial charge is 0.381 e. The van der Waals surface area contributed by atoms with Gasteiger partial charge in [-0.05, 0) is 56.5 Å². The number of aromatic nitrogens is 3. The zero-order chi connectivity index (χ0) is 24.8. The number of benzene rings is 2. The lowest BCUT2D eigenvalue weighted by Crippen LogP contribution is -2.53. The van der Waals surface area contributed by atoms with Crippen molar-refractivity contribution in [2.75, 3.05) is 37.7 Å². The molecular weight excluding hydrogens is 454 g/mol. The highest BCUT2D eigenvalue weighted by molar-refractivity contribution is 6.07. The molecule has 1 atom stereocenters. The number of hydrogen-bond acceptors (Lipinski definition) is 5. The Kier molecular flexibility index (Phi) is 5.76. The van der Waals surface area contributed by atoms with Gasteiger partial charge in [0.15, 0.2) is 0 Å². The lowest BCUT2D eigenvalue weighted by molar-refractivity contribution is 0.0675. The van der Waals surface area contributed by atoms with E-state index in [1.807, 2.05) is 46.8 Å². The summed E-state index contributed by atoms with van der Waals surface area (Å²) in [5.41, 5.74) is 4.11. The Morgan fingerprint density at radius 3 is 2.61 bits per heavy atom. The molecule has 0 radical (unpaired) electrons. The molecule has 6 rings (SSSR count). The van der Waals surface area contributed by atoms with E-state index in [4.69, 9.17) is 4.74 Å². The van der Waals surface area contributed by atoms with Crippen molar-refractivity contribution in [1.82, 2.24) is 19.7 Å². The van der Waals surface area contributed by atoms with E-state index < -0.39 is 0 Å². The number of anilines is 1. The van der Waals surface area contributed by atoms with Crippen LogP contribution in [0.4, 0.5) is 5.69 Å². The summed E-state index contributed by atoms with van der Waals surface area (Å²) < 4.78 is 7.51. The van der Waals surface area contributed by atoms with Crippen molar-refractivity contribution in [2.45, 2.75) is 38.8 Å². The van der Waals surface area contributed by atoms with Gasteiger partial charge < -0.3 is 19.5 Å². The number of aromatic amines is 1. The van der Waals surface area contributed by atoms with Crippen molar-refractivity contribution in [3.63, 3.8) is 0 Å². The summed E-state index contributed by atoms with van der Waals surface area (Å²) >= 11 is 0. The first-order valence-electron chi connectivity index (χ1n) is 12.7. The number of pyridine rings is 1. The molecule has 2 fully saturated rings. The van der Waals surface area contributed by atoms with Gasteiger partial charge in [-0.3, -0.25) is 14.3 Å². The Balaban J connectivity index is 1.37. The van der Waals surface area contributed by atoms with E-state index in [2.05, 4.69) is 34.0 Å². The van der Waals surface area contributed by atoms with Gasteiger partial charge in [0.05, 0.1) is 28.7 Å². The molecule has 186 valence electrons. The molecule has 2 aromatic heterocycles. The van der Waals surface area contributed by atoms with E-state index in [-0.39, 0.29) is 23.6 Å². The van der Waals surface area contributed by atoms with Gasteiger partial charge in [-0.15, -0.1) is 0 Å². The molecule has 0 aliphatic carbocycles. The number of nitrogens with one attached hydrogen (secondary N) is 1. The van der Waals surface area contributed by atoms with Gasteiger partial charge in [0.1, 0.15) is 0 Å². The average molecular weight is 486 g/mol. The highest BCUT2D eigenvalue weighted by Gasteiger charge is 2.29. The van der Waals surface area contributed by atoms with E-state index in [9.17, 15) is 9.59 Å². The number of rotatable bonds is 3. The zero-order valence-electron chi connectivity index (χ0n) is 20.7. The quantitative estimate of drug-likeness (QED) is 0.476. The molecule has 2 saturated heterocycles. The topological polar surface area (TPSA) is 83.5 Å². The van der Waals surface area contributed by atoms with Gasteiger partial charge in [0.2, 0.25) is 0 Å². The van der Waals surface area contributed by atoms with Gasteiger partial charge in [0.25, 0.3) is 11.5 Å². The number of para-hydroxylation sites is 1. The van der Waals surface area contributed by atoms with Gasteiger partial charge in [0, 0.05) is 55.5 Å². The third-order valence-electron chi connectivity index (χ3n) is 7.68. The second-order valence-electron chi connectivity index (χ2n) is 9.99. The van der Waals surface area contributed by atoms with Crippen LogP contribution in [0.3, 0.4) is 0 Å². The predicted molar refractivity (Wildman–Crippen MR) is 141 cm³/mol. The van der Waals surface area contributed by atoms with E-state index in [0.29, 0.717) is 37.3 Å². The number of amides is 1. The standard InChI is InChI=1S/C28H31N5O3/c1-18-14-25-23(26-24(27(34)30-25)16-29-33(26)21-8-12-36-13-9-21)15-22(18)28(35)31-10-11-32(19(2)17-31)20-6-4-3-5-7-20/h3-7,14-16,19,21H,8-13,17H2,1-2H3,(H,30,34). The molecule has 0 spiro atoms. The van der Waals surface area contributed by atoms with Crippen LogP contribution in [-0.4, -0.2) is 64.5 Å². The number of H-pyrrole nitrogens is 1. The Bertz CT molecular complexity index is 1490. The minimum absolute atomic E-state index is 0.0328. The van der Waals surface area contributed by atoms with Gasteiger partial charge in [-0.2, -0.15) is 5.10 Å². The van der Waals surface area contributed by atoms with Gasteiger partial charge >= 0.3 is 0 Å². The smallest absolute Gasteiger partial charge is 0.259 e. The second-order valence-corrected chi connectivity index (χ2v) is 9.99. The monoisotopic (exact) mass is 485 g/mol. The SMILES string of the molecule is Cc1cc2[nH]c(=O)c3cnn(C4CCOCC4)c3c2cc1C(=O)N1CCN(c2ccccc2)C(C)C1. The first-order valence-corrected chi connectivity index (χ1v) is 12.7. The predicted octanol–water partition coefficient (Wildman–Crippen LogP) is 3.89. The minimum atomic E-state index is -0.153. The van der Waals surface area contributed by atoms with Crippen LogP contribution in [-0.2, 0) is 4.74 Å². The highest BCUT2D eigenvalue weighted by Crippen LogP contribution is 2.30. The summed E-state index contributed by atoms with van der Waals surface area (Å²) in [6.45, 7) is 7.59. The molecule has 1 amide bonds. The minimum Gasteiger partial charge on any atom is -0.381 e. The van der Waals surface area contributed by atoms with Crippen molar-refractivity contribution in [2.24, 2.45) is 0 Å². The molecule has 4 heterocycles. The fourth-order valence-corrected chi connectivity index (χ4v) is 5.75. The Morgan fingerprint density at radius 2 is 1.86 bits per heavy atom. The van der Waals surface area contributed by atoms with Crippen molar-refractivity contribution >= 4 is 33.4 Å². The van der Waals surface area contributed by atoms with Gasteiger partial charge in [-0.1, -0.05) is 18.2 Å². The zero-order valence-corrected chi connectivity index (χ0v) is 20.7. The number of piperazine rings is 1. The summed E-state index contributed by atoms with van der Waals surface area (Å²) in [4.78, 5) is 33.9. The second kappa shape index (κ2) is 9.09. The Morgan fingerprint density at radius 1 is 1.08 bits per heavy atom. The van der Waals surface area contributed by atoms with Crippen LogP contribution in [0.2, 0.25) is 0 Å². The molecule has 2 aromatic carbocycles.